The first-order valence-electron chi connectivity index (χ1n) is 10.9. The summed E-state index contributed by atoms with van der Waals surface area (Å²) in [6, 6.07) is 8.56. The summed E-state index contributed by atoms with van der Waals surface area (Å²) in [5, 5.41) is 7.35. The molecule has 8 nitrogen and oxygen atoms in total. The molecule has 0 fully saturated rings. The van der Waals surface area contributed by atoms with Gasteiger partial charge in [-0.2, -0.15) is 5.10 Å². The fourth-order valence-electron chi connectivity index (χ4n) is 3.90. The molecule has 0 saturated heterocycles. The minimum absolute atomic E-state index is 0.00783. The monoisotopic (exact) mass is 463 g/mol. The van der Waals surface area contributed by atoms with Crippen molar-refractivity contribution in [3.63, 3.8) is 0 Å². The van der Waals surface area contributed by atoms with Crippen molar-refractivity contribution in [2.75, 3.05) is 23.4 Å². The van der Waals surface area contributed by atoms with E-state index in [1.807, 2.05) is 44.1 Å². The van der Waals surface area contributed by atoms with Crippen LogP contribution in [0.3, 0.4) is 0 Å². The lowest BCUT2D eigenvalue weighted by atomic mass is 10.1. The van der Waals surface area contributed by atoms with Crippen molar-refractivity contribution in [3.05, 3.63) is 60.6 Å². The first kappa shape index (κ1) is 21.7. The van der Waals surface area contributed by atoms with E-state index in [1.54, 1.807) is 23.0 Å². The number of benzene rings is 1. The van der Waals surface area contributed by atoms with Gasteiger partial charge in [0.25, 0.3) is 0 Å². The van der Waals surface area contributed by atoms with Gasteiger partial charge >= 0.3 is 0 Å². The van der Waals surface area contributed by atoms with Gasteiger partial charge in [-0.1, -0.05) is 0 Å². The molecule has 0 amide bonds. The van der Waals surface area contributed by atoms with Gasteiger partial charge in [0.05, 0.1) is 36.0 Å². The number of aryl methyl sites for hydroxylation is 1. The third-order valence-electron chi connectivity index (χ3n) is 5.55. The van der Waals surface area contributed by atoms with E-state index in [1.165, 1.54) is 6.07 Å². The molecular weight excluding hydrogens is 440 g/mol. The SMILES string of the molecule is CC(C)N1CCOc2c(F)cc(-c3nc(Nc4ccc(-c5ccn(C)n5)nc4)ncc3F)cc21. The Morgan fingerprint density at radius 3 is 2.59 bits per heavy atom. The van der Waals surface area contributed by atoms with Gasteiger partial charge in [-0.05, 0) is 44.2 Å². The highest BCUT2D eigenvalue weighted by Gasteiger charge is 2.25. The summed E-state index contributed by atoms with van der Waals surface area (Å²) in [5.74, 6) is -0.865. The average molecular weight is 463 g/mol. The molecule has 0 radical (unpaired) electrons. The molecule has 10 heteroatoms. The molecule has 4 heterocycles. The lowest BCUT2D eigenvalue weighted by Crippen LogP contribution is -2.38. The molecule has 0 aliphatic carbocycles. The Labute approximate surface area is 195 Å². The highest BCUT2D eigenvalue weighted by molar-refractivity contribution is 5.73. The molecule has 0 saturated carbocycles. The van der Waals surface area contributed by atoms with Crippen molar-refractivity contribution < 1.29 is 13.5 Å². The molecule has 0 unspecified atom stereocenters. The maximum atomic E-state index is 14.9. The van der Waals surface area contributed by atoms with Gasteiger partial charge in [-0.25, -0.2) is 18.7 Å². The van der Waals surface area contributed by atoms with Crippen LogP contribution in [-0.4, -0.2) is 43.9 Å². The number of halogens is 2. The highest BCUT2D eigenvalue weighted by Crippen LogP contribution is 2.39. The van der Waals surface area contributed by atoms with Gasteiger partial charge in [0.2, 0.25) is 5.95 Å². The number of pyridine rings is 1. The first-order chi connectivity index (χ1) is 16.4. The Balaban J connectivity index is 1.44. The summed E-state index contributed by atoms with van der Waals surface area (Å²) in [7, 11) is 1.84. The number of rotatable bonds is 5. The van der Waals surface area contributed by atoms with E-state index in [4.69, 9.17) is 4.74 Å². The molecule has 1 aliphatic heterocycles. The predicted octanol–water partition coefficient (Wildman–Crippen LogP) is 4.57. The Morgan fingerprint density at radius 2 is 1.88 bits per heavy atom. The van der Waals surface area contributed by atoms with Crippen molar-refractivity contribution in [1.82, 2.24) is 24.7 Å². The topological polar surface area (TPSA) is 81.0 Å². The molecule has 0 spiro atoms. The van der Waals surface area contributed by atoms with Crippen LogP contribution in [0.25, 0.3) is 22.6 Å². The number of nitrogens with zero attached hydrogens (tertiary/aromatic N) is 6. The van der Waals surface area contributed by atoms with Crippen molar-refractivity contribution >= 4 is 17.3 Å². The second-order valence-electron chi connectivity index (χ2n) is 8.26. The van der Waals surface area contributed by atoms with Gasteiger partial charge in [0.1, 0.15) is 18.0 Å². The summed E-state index contributed by atoms with van der Waals surface area (Å²) < 4.78 is 36.8. The maximum Gasteiger partial charge on any atom is 0.227 e. The van der Waals surface area contributed by atoms with Gasteiger partial charge in [0, 0.05) is 24.8 Å². The summed E-state index contributed by atoms with van der Waals surface area (Å²) in [6.07, 6.45) is 4.52. The number of nitrogens with one attached hydrogen (secondary N) is 1. The third-order valence-corrected chi connectivity index (χ3v) is 5.55. The molecule has 5 rings (SSSR count). The lowest BCUT2D eigenvalue weighted by molar-refractivity contribution is 0.287. The summed E-state index contributed by atoms with van der Waals surface area (Å²) in [6.45, 7) is 5.04. The number of hydrogen-bond donors (Lipinski definition) is 1. The summed E-state index contributed by atoms with van der Waals surface area (Å²) in [4.78, 5) is 14.8. The largest absolute Gasteiger partial charge is 0.486 e. The minimum atomic E-state index is -0.652. The Kier molecular flexibility index (Phi) is 5.56. The zero-order valence-corrected chi connectivity index (χ0v) is 19.0. The summed E-state index contributed by atoms with van der Waals surface area (Å²) >= 11 is 0. The van der Waals surface area contributed by atoms with Crippen LogP contribution in [0.1, 0.15) is 13.8 Å². The molecule has 34 heavy (non-hydrogen) atoms. The Morgan fingerprint density at radius 1 is 1.03 bits per heavy atom. The molecule has 1 aromatic carbocycles. The van der Waals surface area contributed by atoms with Crippen LogP contribution in [0.15, 0.2) is 48.9 Å². The molecule has 1 N–H and O–H groups in total. The number of aromatic nitrogens is 5. The number of ether oxygens (including phenoxy) is 1. The standard InChI is InChI=1S/C24H23F2N7O/c1-14(2)33-8-9-34-23-17(25)10-15(11-21(23)33)22-18(26)13-28-24(30-22)29-16-4-5-19(27-12-16)20-6-7-32(3)31-20/h4-7,10-14H,8-9H2,1-3H3,(H,28,29,30). The van der Waals surface area contributed by atoms with Gasteiger partial charge in [-0.3, -0.25) is 9.67 Å². The van der Waals surface area contributed by atoms with Gasteiger partial charge < -0.3 is 15.0 Å². The third kappa shape index (κ3) is 4.14. The Hall–Kier alpha value is -4.08. The highest BCUT2D eigenvalue weighted by atomic mass is 19.1. The predicted molar refractivity (Wildman–Crippen MR) is 125 cm³/mol. The molecule has 0 atom stereocenters. The van der Waals surface area contributed by atoms with Gasteiger partial charge in [-0.15, -0.1) is 0 Å². The van der Waals surface area contributed by atoms with Crippen molar-refractivity contribution in [2.45, 2.75) is 19.9 Å². The number of fused-ring (bicyclic) bond motifs is 1. The van der Waals surface area contributed by atoms with Crippen LogP contribution in [0.4, 0.5) is 26.1 Å². The fraction of sp³-hybridized carbons (Fsp3) is 0.250. The van der Waals surface area contributed by atoms with Crippen molar-refractivity contribution in [3.8, 4) is 28.4 Å². The van der Waals surface area contributed by atoms with Crippen LogP contribution in [0.5, 0.6) is 5.75 Å². The fourth-order valence-corrected chi connectivity index (χ4v) is 3.90. The van der Waals surface area contributed by atoms with Crippen LogP contribution in [0.2, 0.25) is 0 Å². The lowest BCUT2D eigenvalue weighted by Gasteiger charge is -2.34. The van der Waals surface area contributed by atoms with Gasteiger partial charge in [0.15, 0.2) is 17.4 Å². The van der Waals surface area contributed by atoms with E-state index in [-0.39, 0.29) is 23.4 Å². The zero-order chi connectivity index (χ0) is 23.8. The smallest absolute Gasteiger partial charge is 0.227 e. The number of anilines is 3. The summed E-state index contributed by atoms with van der Waals surface area (Å²) in [5.41, 5.74) is 2.97. The maximum absolute atomic E-state index is 14.9. The Bertz CT molecular complexity index is 1340. The average Bonchev–Trinajstić information content (AvgIpc) is 3.26. The molecular formula is C24H23F2N7O. The molecule has 3 aromatic heterocycles. The van der Waals surface area contributed by atoms with Crippen LogP contribution < -0.4 is 15.0 Å². The molecule has 1 aliphatic rings. The molecule has 174 valence electrons. The van der Waals surface area contributed by atoms with Crippen LogP contribution >= 0.6 is 0 Å². The van der Waals surface area contributed by atoms with Crippen LogP contribution in [-0.2, 0) is 7.05 Å². The second kappa shape index (κ2) is 8.69. The minimum Gasteiger partial charge on any atom is -0.486 e. The van der Waals surface area contributed by atoms with E-state index in [0.29, 0.717) is 35.8 Å². The number of hydrogen-bond acceptors (Lipinski definition) is 7. The molecule has 0 bridgehead atoms. The quantitative estimate of drug-likeness (QED) is 0.464. The zero-order valence-electron chi connectivity index (χ0n) is 19.0. The molecule has 4 aromatic rings. The van der Waals surface area contributed by atoms with E-state index < -0.39 is 11.6 Å². The van der Waals surface area contributed by atoms with Crippen molar-refractivity contribution in [1.29, 1.82) is 0 Å². The normalized spacial score (nSPS) is 13.1. The van der Waals surface area contributed by atoms with E-state index >= 15 is 0 Å². The van der Waals surface area contributed by atoms with E-state index in [0.717, 1.165) is 11.9 Å². The van der Waals surface area contributed by atoms with Crippen molar-refractivity contribution in [2.24, 2.45) is 7.05 Å². The van der Waals surface area contributed by atoms with Crippen LogP contribution in [0, 0.1) is 11.6 Å². The van der Waals surface area contributed by atoms with E-state index in [2.05, 4.69) is 25.4 Å². The first-order valence-corrected chi connectivity index (χ1v) is 10.9. The van der Waals surface area contributed by atoms with E-state index in [9.17, 15) is 8.78 Å². The second-order valence-corrected chi connectivity index (χ2v) is 8.26.